The second-order valence-corrected chi connectivity index (χ2v) is 16.1. The number of hydrogen-bond acceptors (Lipinski definition) is 8. The van der Waals surface area contributed by atoms with Gasteiger partial charge in [-0.15, -0.1) is 0 Å². The molecule has 1 rings (SSSR count). The molecule has 0 aliphatic carbocycles. The van der Waals surface area contributed by atoms with Gasteiger partial charge in [-0.3, -0.25) is 4.79 Å². The molecule has 0 aromatic carbocycles. The van der Waals surface area contributed by atoms with Gasteiger partial charge in [0.25, 0.3) is 0 Å². The van der Waals surface area contributed by atoms with Crippen molar-refractivity contribution in [2.45, 2.75) is 224 Å². The Balaban J connectivity index is 2.40. The van der Waals surface area contributed by atoms with Crippen LogP contribution in [-0.2, 0) is 14.3 Å². The fraction of sp³-hybridized carbons (Fsp3) is 0.740. The largest absolute Gasteiger partial charge is 0.394 e. The number of amides is 1. The molecule has 9 heteroatoms. The van der Waals surface area contributed by atoms with Crippen LogP contribution in [0.4, 0.5) is 0 Å². The summed E-state index contributed by atoms with van der Waals surface area (Å²) in [6.45, 7) is 3.62. The molecule has 1 aliphatic rings. The Labute approximate surface area is 359 Å². The summed E-state index contributed by atoms with van der Waals surface area (Å²) in [6.07, 6.45) is 46.6. The molecule has 340 valence electrons. The molecule has 1 saturated heterocycles. The normalized spacial score (nSPS) is 21.4. The van der Waals surface area contributed by atoms with E-state index in [0.717, 1.165) is 89.9 Å². The smallest absolute Gasteiger partial charge is 0.220 e. The van der Waals surface area contributed by atoms with Gasteiger partial charge < -0.3 is 40.3 Å². The number of unbranched alkanes of at least 4 members (excludes halogenated alkanes) is 18. The molecule has 59 heavy (non-hydrogen) atoms. The molecule has 7 unspecified atom stereocenters. The minimum Gasteiger partial charge on any atom is -0.394 e. The highest BCUT2D eigenvalue weighted by Gasteiger charge is 2.44. The van der Waals surface area contributed by atoms with Gasteiger partial charge >= 0.3 is 0 Å². The lowest BCUT2D eigenvalue weighted by Gasteiger charge is -2.40. The minimum atomic E-state index is -1.58. The SMILES string of the molecule is CC/C=C\C/C=C\C/C=C\CCCCCCCC(=O)NC(COC1OC(CO)C(O)C(O)C1O)C(O)/C=C/CC/C=C/CC/C=C/CCCCCCCCCCCCC. The minimum absolute atomic E-state index is 0.211. The van der Waals surface area contributed by atoms with Gasteiger partial charge in [-0.25, -0.2) is 0 Å². The van der Waals surface area contributed by atoms with Crippen molar-refractivity contribution in [2.75, 3.05) is 13.2 Å². The van der Waals surface area contributed by atoms with Crippen molar-refractivity contribution < 1.29 is 39.8 Å². The maximum atomic E-state index is 12.9. The average Bonchev–Trinajstić information content (AvgIpc) is 3.23. The van der Waals surface area contributed by atoms with Crippen LogP contribution in [0.3, 0.4) is 0 Å². The summed E-state index contributed by atoms with van der Waals surface area (Å²) < 4.78 is 11.2. The fourth-order valence-electron chi connectivity index (χ4n) is 6.97. The Morgan fingerprint density at radius 3 is 1.63 bits per heavy atom. The van der Waals surface area contributed by atoms with Crippen molar-refractivity contribution >= 4 is 5.91 Å². The van der Waals surface area contributed by atoms with Crippen molar-refractivity contribution in [1.82, 2.24) is 5.32 Å². The van der Waals surface area contributed by atoms with E-state index in [2.05, 4.69) is 79.9 Å². The van der Waals surface area contributed by atoms with Crippen molar-refractivity contribution in [3.05, 3.63) is 72.9 Å². The van der Waals surface area contributed by atoms with E-state index in [9.17, 15) is 30.3 Å². The van der Waals surface area contributed by atoms with Crippen LogP contribution in [0.25, 0.3) is 0 Å². The van der Waals surface area contributed by atoms with Gasteiger partial charge in [0.15, 0.2) is 6.29 Å². The maximum absolute atomic E-state index is 12.9. The van der Waals surface area contributed by atoms with E-state index in [-0.39, 0.29) is 12.5 Å². The maximum Gasteiger partial charge on any atom is 0.220 e. The molecule has 0 aromatic rings. The van der Waals surface area contributed by atoms with Crippen LogP contribution in [0.2, 0.25) is 0 Å². The topological polar surface area (TPSA) is 149 Å². The van der Waals surface area contributed by atoms with Crippen molar-refractivity contribution in [3.63, 3.8) is 0 Å². The summed E-state index contributed by atoms with van der Waals surface area (Å²) in [4.78, 5) is 12.9. The van der Waals surface area contributed by atoms with Crippen LogP contribution in [-0.4, -0.2) is 87.5 Å². The second kappa shape index (κ2) is 39.7. The van der Waals surface area contributed by atoms with Gasteiger partial charge in [0.1, 0.15) is 24.4 Å². The zero-order chi connectivity index (χ0) is 43.0. The number of aliphatic hydroxyl groups excluding tert-OH is 5. The number of nitrogens with one attached hydrogen (secondary N) is 1. The Hall–Kier alpha value is -2.37. The number of allylic oxidation sites excluding steroid dienone is 11. The Morgan fingerprint density at radius 1 is 0.593 bits per heavy atom. The van der Waals surface area contributed by atoms with E-state index < -0.39 is 49.5 Å². The second-order valence-electron chi connectivity index (χ2n) is 16.1. The molecule has 0 aromatic heterocycles. The zero-order valence-corrected chi connectivity index (χ0v) is 37.2. The quantitative estimate of drug-likeness (QED) is 0.0266. The predicted octanol–water partition coefficient (Wildman–Crippen LogP) is 10.2. The lowest BCUT2D eigenvalue weighted by atomic mass is 9.99. The fourth-order valence-corrected chi connectivity index (χ4v) is 6.97. The highest BCUT2D eigenvalue weighted by Crippen LogP contribution is 2.22. The molecule has 7 atom stereocenters. The predicted molar refractivity (Wildman–Crippen MR) is 244 cm³/mol. The Kier molecular flexibility index (Phi) is 36.8. The number of rotatable bonds is 38. The van der Waals surface area contributed by atoms with E-state index in [0.29, 0.717) is 6.42 Å². The van der Waals surface area contributed by atoms with Gasteiger partial charge in [-0.1, -0.05) is 170 Å². The van der Waals surface area contributed by atoms with Crippen molar-refractivity contribution in [1.29, 1.82) is 0 Å². The molecular formula is C50H87NO8. The van der Waals surface area contributed by atoms with Gasteiger partial charge in [-0.2, -0.15) is 0 Å². The first-order chi connectivity index (χ1) is 28.8. The molecule has 0 spiro atoms. The summed E-state index contributed by atoms with van der Waals surface area (Å²) in [6, 6.07) is -0.840. The third-order valence-electron chi connectivity index (χ3n) is 10.7. The molecular weight excluding hydrogens is 743 g/mol. The van der Waals surface area contributed by atoms with Crippen LogP contribution >= 0.6 is 0 Å². The lowest BCUT2D eigenvalue weighted by Crippen LogP contribution is -2.60. The van der Waals surface area contributed by atoms with E-state index >= 15 is 0 Å². The van der Waals surface area contributed by atoms with E-state index in [1.807, 2.05) is 6.08 Å². The first kappa shape index (κ1) is 54.6. The van der Waals surface area contributed by atoms with Gasteiger partial charge in [0.2, 0.25) is 5.91 Å². The molecule has 9 nitrogen and oxygen atoms in total. The number of carbonyl (C=O) groups excluding carboxylic acids is 1. The summed E-state index contributed by atoms with van der Waals surface area (Å²) in [7, 11) is 0. The summed E-state index contributed by atoms with van der Waals surface area (Å²) in [5.41, 5.74) is 0. The third-order valence-corrected chi connectivity index (χ3v) is 10.7. The van der Waals surface area contributed by atoms with Gasteiger partial charge in [-0.05, 0) is 77.0 Å². The van der Waals surface area contributed by atoms with Crippen molar-refractivity contribution in [3.8, 4) is 0 Å². The van der Waals surface area contributed by atoms with Gasteiger partial charge in [0, 0.05) is 6.42 Å². The molecule has 0 radical (unpaired) electrons. The number of aliphatic hydroxyl groups is 5. The van der Waals surface area contributed by atoms with Crippen LogP contribution in [0.5, 0.6) is 0 Å². The van der Waals surface area contributed by atoms with E-state index in [1.54, 1.807) is 6.08 Å². The average molecular weight is 830 g/mol. The summed E-state index contributed by atoms with van der Waals surface area (Å²) in [5.74, 6) is -0.211. The van der Waals surface area contributed by atoms with Crippen LogP contribution < -0.4 is 5.32 Å². The zero-order valence-electron chi connectivity index (χ0n) is 37.2. The number of hydrogen-bond donors (Lipinski definition) is 6. The highest BCUT2D eigenvalue weighted by atomic mass is 16.7. The van der Waals surface area contributed by atoms with Crippen molar-refractivity contribution in [2.24, 2.45) is 0 Å². The molecule has 1 aliphatic heterocycles. The number of ether oxygens (including phenoxy) is 2. The number of carbonyl (C=O) groups is 1. The standard InChI is InChI=1S/C50H87NO8/c1-3-5-7-9-11-13-15-17-19-20-21-22-23-24-26-27-29-31-33-35-37-39-44(53)43(42-58-50-49(57)48(56)47(55)45(41-52)59-50)51-46(54)40-38-36-34-32-30-28-25-18-16-14-12-10-8-6-4-2/h6,8,12,14,18,23-25,29,31,37,39,43-45,47-50,52-53,55-57H,3-5,7,9-11,13,15-17,19-22,26-28,30,32-36,38,40-42H2,1-2H3,(H,51,54)/b8-6-,14-12-,24-23+,25-18-,31-29+,39-37+. The molecule has 0 saturated carbocycles. The summed E-state index contributed by atoms with van der Waals surface area (Å²) >= 11 is 0. The highest BCUT2D eigenvalue weighted by molar-refractivity contribution is 5.76. The van der Waals surface area contributed by atoms with Gasteiger partial charge in [0.05, 0.1) is 25.4 Å². The van der Waals surface area contributed by atoms with E-state index in [4.69, 9.17) is 9.47 Å². The first-order valence-electron chi connectivity index (χ1n) is 23.7. The van der Waals surface area contributed by atoms with Crippen LogP contribution in [0, 0.1) is 0 Å². The Bertz CT molecular complexity index is 1150. The molecule has 6 N–H and O–H groups in total. The monoisotopic (exact) mass is 830 g/mol. The third kappa shape index (κ3) is 30.3. The molecule has 1 fully saturated rings. The molecule has 1 amide bonds. The Morgan fingerprint density at radius 2 is 1.07 bits per heavy atom. The lowest BCUT2D eigenvalue weighted by molar-refractivity contribution is -0.302. The first-order valence-corrected chi connectivity index (χ1v) is 23.7. The summed E-state index contributed by atoms with van der Waals surface area (Å²) in [5, 5.41) is 54.2. The van der Waals surface area contributed by atoms with Crippen LogP contribution in [0.15, 0.2) is 72.9 Å². The van der Waals surface area contributed by atoms with Crippen LogP contribution in [0.1, 0.15) is 181 Å². The molecule has 1 heterocycles. The molecule has 0 bridgehead atoms. The van der Waals surface area contributed by atoms with E-state index in [1.165, 1.54) is 70.6 Å².